The molecular weight excluding hydrogens is 206 g/mol. The zero-order valence-electron chi connectivity index (χ0n) is 8.77. The average Bonchev–Trinajstić information content (AvgIpc) is 2.72. The molecule has 0 radical (unpaired) electrons. The molecule has 4 heteroatoms. The van der Waals surface area contributed by atoms with Crippen molar-refractivity contribution >= 4 is 11.3 Å². The van der Waals surface area contributed by atoms with Crippen LogP contribution in [-0.2, 0) is 0 Å². The molecule has 0 spiro atoms. The fourth-order valence-electron chi connectivity index (χ4n) is 1.53. The number of aryl methyl sites for hydroxylation is 1. The Morgan fingerprint density at radius 2 is 2.27 bits per heavy atom. The normalized spacial score (nSPS) is 12.7. The van der Waals surface area contributed by atoms with Crippen LogP contribution in [0, 0.1) is 6.92 Å². The Bertz CT molecular complexity index is 425. The maximum Gasteiger partial charge on any atom is 0.125 e. The highest BCUT2D eigenvalue weighted by Gasteiger charge is 2.14. The van der Waals surface area contributed by atoms with Gasteiger partial charge in [-0.15, -0.1) is 11.3 Å². The van der Waals surface area contributed by atoms with Crippen molar-refractivity contribution in [1.82, 2.24) is 15.3 Å². The molecule has 0 bridgehead atoms. The van der Waals surface area contributed by atoms with Gasteiger partial charge in [-0.05, 0) is 31.5 Å². The zero-order chi connectivity index (χ0) is 10.7. The number of aromatic nitrogens is 2. The molecule has 2 aromatic heterocycles. The SMILES string of the molecule is CNC(c1ccnc(C)n1)c1cccs1. The lowest BCUT2D eigenvalue weighted by Crippen LogP contribution is -2.18. The van der Waals surface area contributed by atoms with Crippen molar-refractivity contribution in [3.05, 3.63) is 46.2 Å². The number of rotatable bonds is 3. The van der Waals surface area contributed by atoms with Crippen LogP contribution in [0.4, 0.5) is 0 Å². The third-order valence-corrected chi connectivity index (χ3v) is 3.15. The Morgan fingerprint density at radius 1 is 1.40 bits per heavy atom. The molecule has 1 atom stereocenters. The van der Waals surface area contributed by atoms with Crippen LogP contribution in [0.1, 0.15) is 22.4 Å². The summed E-state index contributed by atoms with van der Waals surface area (Å²) in [4.78, 5) is 9.81. The van der Waals surface area contributed by atoms with Gasteiger partial charge in [-0.3, -0.25) is 0 Å². The molecule has 0 aliphatic rings. The second-order valence-electron chi connectivity index (χ2n) is 3.27. The van der Waals surface area contributed by atoms with Gasteiger partial charge in [0, 0.05) is 11.1 Å². The second-order valence-corrected chi connectivity index (χ2v) is 4.25. The molecule has 0 saturated carbocycles. The molecule has 0 fully saturated rings. The summed E-state index contributed by atoms with van der Waals surface area (Å²) in [6, 6.07) is 6.29. The predicted octanol–water partition coefficient (Wildman–Crippen LogP) is 2.16. The average molecular weight is 219 g/mol. The molecule has 2 aromatic rings. The molecule has 0 amide bonds. The van der Waals surface area contributed by atoms with E-state index in [4.69, 9.17) is 0 Å². The van der Waals surface area contributed by atoms with E-state index in [2.05, 4.69) is 32.8 Å². The number of nitrogens with one attached hydrogen (secondary N) is 1. The zero-order valence-corrected chi connectivity index (χ0v) is 9.58. The van der Waals surface area contributed by atoms with Gasteiger partial charge in [-0.2, -0.15) is 0 Å². The lowest BCUT2D eigenvalue weighted by Gasteiger charge is -2.13. The Morgan fingerprint density at radius 3 is 2.87 bits per heavy atom. The summed E-state index contributed by atoms with van der Waals surface area (Å²) in [5.41, 5.74) is 1.02. The van der Waals surface area contributed by atoms with Crippen LogP contribution in [0.2, 0.25) is 0 Å². The first-order chi connectivity index (χ1) is 7.31. The van der Waals surface area contributed by atoms with Crippen LogP contribution in [-0.4, -0.2) is 17.0 Å². The maximum atomic E-state index is 4.43. The van der Waals surface area contributed by atoms with Crippen molar-refractivity contribution in [2.75, 3.05) is 7.05 Å². The molecule has 0 aliphatic carbocycles. The van der Waals surface area contributed by atoms with Gasteiger partial charge >= 0.3 is 0 Å². The fourth-order valence-corrected chi connectivity index (χ4v) is 2.37. The fraction of sp³-hybridized carbons (Fsp3) is 0.273. The van der Waals surface area contributed by atoms with Crippen LogP contribution in [0.25, 0.3) is 0 Å². The smallest absolute Gasteiger partial charge is 0.125 e. The molecule has 0 aromatic carbocycles. The Kier molecular flexibility index (Phi) is 3.08. The summed E-state index contributed by atoms with van der Waals surface area (Å²) < 4.78 is 0. The summed E-state index contributed by atoms with van der Waals surface area (Å²) in [7, 11) is 1.95. The van der Waals surface area contributed by atoms with E-state index in [-0.39, 0.29) is 6.04 Å². The third-order valence-electron chi connectivity index (χ3n) is 2.21. The number of hydrogen-bond donors (Lipinski definition) is 1. The van der Waals surface area contributed by atoms with Gasteiger partial charge in [0.25, 0.3) is 0 Å². The number of hydrogen-bond acceptors (Lipinski definition) is 4. The summed E-state index contributed by atoms with van der Waals surface area (Å²) >= 11 is 1.73. The topological polar surface area (TPSA) is 37.8 Å². The summed E-state index contributed by atoms with van der Waals surface area (Å²) in [5.74, 6) is 0.810. The van der Waals surface area contributed by atoms with E-state index < -0.39 is 0 Å². The van der Waals surface area contributed by atoms with E-state index in [0.717, 1.165) is 11.5 Å². The molecular formula is C11H13N3S. The lowest BCUT2D eigenvalue weighted by molar-refractivity contribution is 0.675. The van der Waals surface area contributed by atoms with Gasteiger partial charge < -0.3 is 5.32 Å². The van der Waals surface area contributed by atoms with Crippen molar-refractivity contribution in [2.24, 2.45) is 0 Å². The molecule has 0 aliphatic heterocycles. The highest BCUT2D eigenvalue weighted by Crippen LogP contribution is 2.23. The second kappa shape index (κ2) is 4.51. The van der Waals surface area contributed by atoms with Crippen molar-refractivity contribution < 1.29 is 0 Å². The molecule has 1 N–H and O–H groups in total. The van der Waals surface area contributed by atoms with E-state index >= 15 is 0 Å². The number of nitrogens with zero attached hydrogens (tertiary/aromatic N) is 2. The first-order valence-electron chi connectivity index (χ1n) is 4.81. The van der Waals surface area contributed by atoms with Gasteiger partial charge in [0.2, 0.25) is 0 Å². The summed E-state index contributed by atoms with van der Waals surface area (Å²) in [5, 5.41) is 5.35. The van der Waals surface area contributed by atoms with Crippen LogP contribution in [0.3, 0.4) is 0 Å². The summed E-state index contributed by atoms with van der Waals surface area (Å²) in [6.07, 6.45) is 1.80. The Labute approximate surface area is 93.2 Å². The van der Waals surface area contributed by atoms with E-state index in [1.165, 1.54) is 4.88 Å². The highest BCUT2D eigenvalue weighted by atomic mass is 32.1. The van der Waals surface area contributed by atoms with Crippen molar-refractivity contribution in [3.63, 3.8) is 0 Å². The highest BCUT2D eigenvalue weighted by molar-refractivity contribution is 7.10. The van der Waals surface area contributed by atoms with Gasteiger partial charge in [-0.25, -0.2) is 9.97 Å². The van der Waals surface area contributed by atoms with E-state index in [1.54, 1.807) is 17.5 Å². The minimum Gasteiger partial charge on any atom is -0.307 e. The van der Waals surface area contributed by atoms with Gasteiger partial charge in [-0.1, -0.05) is 6.07 Å². The molecule has 2 heterocycles. The van der Waals surface area contributed by atoms with Crippen molar-refractivity contribution in [1.29, 1.82) is 0 Å². The molecule has 78 valence electrons. The number of thiophene rings is 1. The minimum atomic E-state index is 0.173. The Balaban J connectivity index is 2.35. The minimum absolute atomic E-state index is 0.173. The Hall–Kier alpha value is -1.26. The monoisotopic (exact) mass is 219 g/mol. The van der Waals surface area contributed by atoms with Crippen LogP contribution in [0.15, 0.2) is 29.8 Å². The maximum absolute atomic E-state index is 4.43. The molecule has 15 heavy (non-hydrogen) atoms. The first kappa shape index (κ1) is 10.3. The largest absolute Gasteiger partial charge is 0.307 e. The predicted molar refractivity (Wildman–Crippen MR) is 62.0 cm³/mol. The molecule has 2 rings (SSSR count). The van der Waals surface area contributed by atoms with Crippen LogP contribution in [0.5, 0.6) is 0 Å². The third kappa shape index (κ3) is 2.22. The molecule has 1 unspecified atom stereocenters. The van der Waals surface area contributed by atoms with Gasteiger partial charge in [0.1, 0.15) is 5.82 Å². The standard InChI is InChI=1S/C11H13N3S/c1-8-13-6-5-9(14-8)11(12-2)10-4-3-7-15-10/h3-7,11-12H,1-2H3. The van der Waals surface area contributed by atoms with E-state index in [9.17, 15) is 0 Å². The summed E-state index contributed by atoms with van der Waals surface area (Å²) in [6.45, 7) is 1.91. The van der Waals surface area contributed by atoms with Gasteiger partial charge in [0.15, 0.2) is 0 Å². The van der Waals surface area contributed by atoms with Crippen molar-refractivity contribution in [3.8, 4) is 0 Å². The van der Waals surface area contributed by atoms with Crippen LogP contribution < -0.4 is 5.32 Å². The van der Waals surface area contributed by atoms with Crippen LogP contribution >= 0.6 is 11.3 Å². The van der Waals surface area contributed by atoms with Crippen molar-refractivity contribution in [2.45, 2.75) is 13.0 Å². The van der Waals surface area contributed by atoms with E-state index in [0.29, 0.717) is 0 Å². The lowest BCUT2D eigenvalue weighted by atomic mass is 10.1. The molecule has 0 saturated heterocycles. The van der Waals surface area contributed by atoms with E-state index in [1.807, 2.05) is 20.0 Å². The molecule has 3 nitrogen and oxygen atoms in total. The first-order valence-corrected chi connectivity index (χ1v) is 5.69. The quantitative estimate of drug-likeness (QED) is 0.859. The van der Waals surface area contributed by atoms with Gasteiger partial charge in [0.05, 0.1) is 11.7 Å².